The van der Waals surface area contributed by atoms with E-state index in [9.17, 15) is 14.4 Å². The highest BCUT2D eigenvalue weighted by molar-refractivity contribution is 6.04. The number of amides is 3. The average Bonchev–Trinajstić information content (AvgIpc) is 3.00. The smallest absolute Gasteiger partial charge is 0.248 e. The molecular weight excluding hydrogens is 312 g/mol. The summed E-state index contributed by atoms with van der Waals surface area (Å²) in [7, 11) is 1.52. The summed E-state index contributed by atoms with van der Waals surface area (Å²) < 4.78 is 1.32. The predicted molar refractivity (Wildman–Crippen MR) is 85.1 cm³/mol. The van der Waals surface area contributed by atoms with E-state index in [1.807, 2.05) is 6.07 Å². The van der Waals surface area contributed by atoms with Crippen molar-refractivity contribution in [3.8, 4) is 0 Å². The number of para-hydroxylation sites is 1. The van der Waals surface area contributed by atoms with E-state index in [0.717, 1.165) is 5.56 Å². The Labute approximate surface area is 137 Å². The first-order valence-corrected chi connectivity index (χ1v) is 7.36. The summed E-state index contributed by atoms with van der Waals surface area (Å²) >= 11 is 0. The first kappa shape index (κ1) is 15.7. The number of hydrogen-bond donors (Lipinski definition) is 3. The molecule has 24 heavy (non-hydrogen) atoms. The molecule has 2 heterocycles. The Balaban J connectivity index is 1.74. The monoisotopic (exact) mass is 328 g/mol. The summed E-state index contributed by atoms with van der Waals surface area (Å²) in [6.45, 7) is 0.00797. The number of carbonyl (C=O) groups is 3. The summed E-state index contributed by atoms with van der Waals surface area (Å²) in [4.78, 5) is 39.5. The topological polar surface area (TPSA) is 118 Å². The highest BCUT2D eigenvalue weighted by atomic mass is 16.2. The summed E-state index contributed by atoms with van der Waals surface area (Å²) in [5.74, 6) is -1.33. The quantitative estimate of drug-likeness (QED) is 0.735. The molecule has 1 aliphatic rings. The van der Waals surface area contributed by atoms with Crippen molar-refractivity contribution in [1.29, 1.82) is 0 Å². The molecule has 0 saturated carbocycles. The van der Waals surface area contributed by atoms with Crippen molar-refractivity contribution < 1.29 is 14.4 Å². The van der Waals surface area contributed by atoms with Gasteiger partial charge in [0.2, 0.25) is 23.7 Å². The Morgan fingerprint density at radius 3 is 2.96 bits per heavy atom. The molecule has 1 aromatic heterocycles. The van der Waals surface area contributed by atoms with Crippen LogP contribution in [0.1, 0.15) is 17.9 Å². The van der Waals surface area contributed by atoms with E-state index in [1.54, 1.807) is 18.2 Å². The number of carbonyl (C=O) groups excluding carboxylic acids is 3. The average molecular weight is 328 g/mol. The van der Waals surface area contributed by atoms with Gasteiger partial charge >= 0.3 is 0 Å². The van der Waals surface area contributed by atoms with E-state index in [4.69, 9.17) is 0 Å². The third kappa shape index (κ3) is 3.24. The van der Waals surface area contributed by atoms with Gasteiger partial charge in [-0.1, -0.05) is 18.2 Å². The van der Waals surface area contributed by atoms with Crippen molar-refractivity contribution in [1.82, 2.24) is 20.1 Å². The minimum absolute atomic E-state index is 0.00797. The minimum Gasteiger partial charge on any atom is -0.358 e. The molecule has 1 aromatic carbocycles. The van der Waals surface area contributed by atoms with Crippen molar-refractivity contribution in [3.05, 3.63) is 36.2 Å². The molecule has 1 unspecified atom stereocenters. The number of nitrogens with one attached hydrogen (secondary N) is 3. The van der Waals surface area contributed by atoms with Crippen LogP contribution in [0.15, 0.2) is 30.6 Å². The Kier molecular flexibility index (Phi) is 4.23. The Bertz CT molecular complexity index is 800. The fourth-order valence-electron chi connectivity index (χ4n) is 2.50. The second-order valence-electron chi connectivity index (χ2n) is 5.32. The highest BCUT2D eigenvalue weighted by Gasteiger charge is 2.30. The van der Waals surface area contributed by atoms with Gasteiger partial charge in [-0.3, -0.25) is 19.7 Å². The van der Waals surface area contributed by atoms with Gasteiger partial charge < -0.3 is 10.6 Å². The zero-order valence-electron chi connectivity index (χ0n) is 12.9. The maximum atomic E-state index is 12.5. The molecule has 3 amide bonds. The van der Waals surface area contributed by atoms with Gasteiger partial charge in [0.25, 0.3) is 0 Å². The second-order valence-corrected chi connectivity index (χ2v) is 5.32. The minimum atomic E-state index is -0.610. The van der Waals surface area contributed by atoms with E-state index in [2.05, 4.69) is 26.0 Å². The van der Waals surface area contributed by atoms with Crippen LogP contribution in [-0.4, -0.2) is 39.5 Å². The van der Waals surface area contributed by atoms with Gasteiger partial charge in [0.15, 0.2) is 0 Å². The summed E-state index contributed by atoms with van der Waals surface area (Å²) in [6, 6.07) is 7.16. The van der Waals surface area contributed by atoms with Gasteiger partial charge in [0.1, 0.15) is 12.9 Å². The van der Waals surface area contributed by atoms with Gasteiger partial charge in [-0.15, -0.1) is 5.10 Å². The van der Waals surface area contributed by atoms with Gasteiger partial charge in [0, 0.05) is 19.2 Å². The fraction of sp³-hybridized carbons (Fsp3) is 0.267. The van der Waals surface area contributed by atoms with Gasteiger partial charge in [-0.25, -0.2) is 9.67 Å². The molecule has 1 aliphatic heterocycles. The number of likely N-dealkylation sites (N-methyl/N-ethyl adjacent to an activating group) is 1. The number of hydrogen-bond acceptors (Lipinski definition) is 5. The standard InChI is InChI=1S/C15H16N6O3/c1-16-13(23)7-21-8-17-15(20-21)19-14(24)10-6-12(22)18-11-5-3-2-4-9(10)11/h2-5,8,10H,6-7H2,1H3,(H,16,23)(H,18,22)(H,19,20,24). The predicted octanol–water partition coefficient (Wildman–Crippen LogP) is 0.0886. The van der Waals surface area contributed by atoms with Crippen molar-refractivity contribution >= 4 is 29.4 Å². The molecule has 2 aromatic rings. The number of benzene rings is 1. The molecule has 0 radical (unpaired) electrons. The number of anilines is 2. The zero-order chi connectivity index (χ0) is 17.1. The van der Waals surface area contributed by atoms with Gasteiger partial charge in [-0.05, 0) is 11.6 Å². The highest BCUT2D eigenvalue weighted by Crippen LogP contribution is 2.32. The van der Waals surface area contributed by atoms with Crippen LogP contribution in [0.5, 0.6) is 0 Å². The first-order valence-electron chi connectivity index (χ1n) is 7.36. The summed E-state index contributed by atoms with van der Waals surface area (Å²) in [6.07, 6.45) is 1.41. The van der Waals surface area contributed by atoms with Crippen molar-refractivity contribution in [2.45, 2.75) is 18.9 Å². The van der Waals surface area contributed by atoms with Crippen LogP contribution in [0, 0.1) is 0 Å². The Morgan fingerprint density at radius 1 is 1.38 bits per heavy atom. The van der Waals surface area contributed by atoms with E-state index < -0.39 is 5.92 Å². The van der Waals surface area contributed by atoms with Gasteiger partial charge in [0.05, 0.1) is 5.92 Å². The number of rotatable bonds is 4. The summed E-state index contributed by atoms with van der Waals surface area (Å²) in [5, 5.41) is 11.8. The molecule has 0 bridgehead atoms. The van der Waals surface area contributed by atoms with E-state index in [0.29, 0.717) is 5.69 Å². The maximum absolute atomic E-state index is 12.5. The summed E-state index contributed by atoms with van der Waals surface area (Å²) in [5.41, 5.74) is 1.38. The van der Waals surface area contributed by atoms with Crippen molar-refractivity contribution in [3.63, 3.8) is 0 Å². The molecule has 1 atom stereocenters. The molecule has 9 nitrogen and oxygen atoms in total. The molecule has 124 valence electrons. The second kappa shape index (κ2) is 6.49. The maximum Gasteiger partial charge on any atom is 0.248 e. The van der Waals surface area contributed by atoms with E-state index >= 15 is 0 Å². The van der Waals surface area contributed by atoms with E-state index in [1.165, 1.54) is 18.1 Å². The van der Waals surface area contributed by atoms with Crippen LogP contribution in [0.25, 0.3) is 0 Å². The Morgan fingerprint density at radius 2 is 2.17 bits per heavy atom. The molecule has 0 spiro atoms. The Hall–Kier alpha value is -3.23. The molecule has 3 rings (SSSR count). The molecule has 0 fully saturated rings. The lowest BCUT2D eigenvalue weighted by Crippen LogP contribution is -2.31. The normalized spacial score (nSPS) is 16.0. The number of aromatic nitrogens is 3. The first-order chi connectivity index (χ1) is 11.6. The zero-order valence-corrected chi connectivity index (χ0v) is 12.9. The van der Waals surface area contributed by atoms with Crippen molar-refractivity contribution in [2.75, 3.05) is 17.7 Å². The van der Waals surface area contributed by atoms with Crippen LogP contribution in [0.4, 0.5) is 11.6 Å². The number of fused-ring (bicyclic) bond motifs is 1. The van der Waals surface area contributed by atoms with Gasteiger partial charge in [-0.2, -0.15) is 0 Å². The third-order valence-electron chi connectivity index (χ3n) is 3.67. The van der Waals surface area contributed by atoms with E-state index in [-0.39, 0.29) is 36.6 Å². The van der Waals surface area contributed by atoms with Crippen molar-refractivity contribution in [2.24, 2.45) is 0 Å². The molecule has 9 heteroatoms. The SMILES string of the molecule is CNC(=O)Cn1cnc(NC(=O)C2CC(=O)Nc3ccccc32)n1. The van der Waals surface area contributed by atoms with Crippen LogP contribution in [-0.2, 0) is 20.9 Å². The lowest BCUT2D eigenvalue weighted by atomic mass is 9.90. The molecule has 0 saturated heterocycles. The van der Waals surface area contributed by atoms with Crippen LogP contribution >= 0.6 is 0 Å². The third-order valence-corrected chi connectivity index (χ3v) is 3.67. The lowest BCUT2D eigenvalue weighted by Gasteiger charge is -2.24. The van der Waals surface area contributed by atoms with Crippen LogP contribution < -0.4 is 16.0 Å². The molecule has 0 aliphatic carbocycles. The number of nitrogens with zero attached hydrogens (tertiary/aromatic N) is 3. The van der Waals surface area contributed by atoms with Crippen LogP contribution in [0.3, 0.4) is 0 Å². The molecular formula is C15H16N6O3. The van der Waals surface area contributed by atoms with Crippen LogP contribution in [0.2, 0.25) is 0 Å². The largest absolute Gasteiger partial charge is 0.358 e. The lowest BCUT2D eigenvalue weighted by molar-refractivity contribution is -0.123. The molecule has 3 N–H and O–H groups in total. The fourth-order valence-corrected chi connectivity index (χ4v) is 2.50.